The van der Waals surface area contributed by atoms with Crippen molar-refractivity contribution >= 4 is 16.7 Å². The highest BCUT2D eigenvalue weighted by molar-refractivity contribution is 6.11. The highest BCUT2D eigenvalue weighted by Crippen LogP contribution is 2.30. The summed E-state index contributed by atoms with van der Waals surface area (Å²) in [5.74, 6) is 1.37. The van der Waals surface area contributed by atoms with Crippen LogP contribution in [0, 0.1) is 0 Å². The van der Waals surface area contributed by atoms with E-state index in [0.717, 1.165) is 10.9 Å². The fourth-order valence-corrected chi connectivity index (χ4v) is 3.07. The van der Waals surface area contributed by atoms with Gasteiger partial charge in [-0.05, 0) is 36.4 Å². The predicted octanol–water partition coefficient (Wildman–Crippen LogP) is 3.67. The number of rotatable bonds is 5. The van der Waals surface area contributed by atoms with Crippen molar-refractivity contribution in [2.24, 2.45) is 0 Å². The second kappa shape index (κ2) is 6.92. The van der Waals surface area contributed by atoms with Gasteiger partial charge in [-0.3, -0.25) is 9.36 Å². The van der Waals surface area contributed by atoms with Crippen LogP contribution in [0.25, 0.3) is 16.9 Å². The lowest BCUT2D eigenvalue weighted by Gasteiger charge is -2.11. The highest BCUT2D eigenvalue weighted by Gasteiger charge is 2.20. The molecule has 4 rings (SSSR count). The first-order chi connectivity index (χ1) is 13.2. The van der Waals surface area contributed by atoms with Gasteiger partial charge in [-0.15, -0.1) is 0 Å². The summed E-state index contributed by atoms with van der Waals surface area (Å²) in [5, 5.41) is 0.939. The first-order valence-corrected chi connectivity index (χ1v) is 8.37. The van der Waals surface area contributed by atoms with Crippen molar-refractivity contribution in [2.75, 3.05) is 14.2 Å². The smallest absolute Gasteiger partial charge is 0.234 e. The van der Waals surface area contributed by atoms with Gasteiger partial charge in [0.1, 0.15) is 0 Å². The number of hydrogen-bond donors (Lipinski definition) is 0. The molecule has 0 N–H and O–H groups in total. The number of ketones is 1. The van der Waals surface area contributed by atoms with Crippen LogP contribution in [0.5, 0.6) is 11.5 Å². The molecule has 0 fully saturated rings. The lowest BCUT2D eigenvalue weighted by molar-refractivity contribution is 0.103. The lowest BCUT2D eigenvalue weighted by Crippen LogP contribution is -2.11. The highest BCUT2D eigenvalue weighted by atomic mass is 16.5. The average Bonchev–Trinajstić information content (AvgIpc) is 3.12. The zero-order valence-electron chi connectivity index (χ0n) is 14.9. The molecule has 27 heavy (non-hydrogen) atoms. The van der Waals surface area contributed by atoms with Crippen molar-refractivity contribution in [3.05, 3.63) is 78.2 Å². The molecule has 2 heterocycles. The maximum Gasteiger partial charge on any atom is 0.234 e. The molecule has 0 saturated carbocycles. The van der Waals surface area contributed by atoms with Crippen LogP contribution in [0.4, 0.5) is 0 Å². The van der Waals surface area contributed by atoms with Gasteiger partial charge >= 0.3 is 0 Å². The zero-order chi connectivity index (χ0) is 18.8. The van der Waals surface area contributed by atoms with Gasteiger partial charge in [-0.25, -0.2) is 9.97 Å². The van der Waals surface area contributed by atoms with Crippen LogP contribution in [0.3, 0.4) is 0 Å². The SMILES string of the molecule is COc1ccc(C(=O)c2cc3ccccc3n2-c2ncccn2)cc1OC. The number of carbonyl (C=O) groups is 1. The number of carbonyl (C=O) groups excluding carboxylic acids is 1. The van der Waals surface area contributed by atoms with Gasteiger partial charge in [0.15, 0.2) is 11.5 Å². The van der Waals surface area contributed by atoms with Crippen molar-refractivity contribution in [1.29, 1.82) is 0 Å². The number of hydrogen-bond acceptors (Lipinski definition) is 5. The molecular weight excluding hydrogens is 342 g/mol. The van der Waals surface area contributed by atoms with Crippen molar-refractivity contribution in [2.45, 2.75) is 0 Å². The minimum atomic E-state index is -0.153. The molecule has 2 aromatic carbocycles. The maximum absolute atomic E-state index is 13.3. The number of benzene rings is 2. The molecule has 0 aliphatic carbocycles. The maximum atomic E-state index is 13.3. The number of para-hydroxylation sites is 1. The summed E-state index contributed by atoms with van der Waals surface area (Å²) >= 11 is 0. The monoisotopic (exact) mass is 359 g/mol. The number of ether oxygens (including phenoxy) is 2. The molecule has 6 heteroatoms. The molecule has 0 saturated heterocycles. The van der Waals surface area contributed by atoms with Crippen molar-refractivity contribution in [3.8, 4) is 17.4 Å². The van der Waals surface area contributed by atoms with E-state index in [9.17, 15) is 4.79 Å². The van der Waals surface area contributed by atoms with E-state index in [4.69, 9.17) is 9.47 Å². The summed E-state index contributed by atoms with van der Waals surface area (Å²) in [7, 11) is 3.10. The van der Waals surface area contributed by atoms with Crippen LogP contribution in [0.2, 0.25) is 0 Å². The van der Waals surface area contributed by atoms with Gasteiger partial charge < -0.3 is 9.47 Å². The molecule has 0 aliphatic heterocycles. The molecule has 0 aliphatic rings. The van der Waals surface area contributed by atoms with Gasteiger partial charge in [0.25, 0.3) is 0 Å². The Balaban J connectivity index is 1.90. The van der Waals surface area contributed by atoms with Crippen molar-refractivity contribution in [1.82, 2.24) is 14.5 Å². The molecule has 134 valence electrons. The molecule has 2 aromatic heterocycles. The Morgan fingerprint density at radius 3 is 2.37 bits per heavy atom. The number of nitrogens with zero attached hydrogens (tertiary/aromatic N) is 3. The summed E-state index contributed by atoms with van der Waals surface area (Å²) in [6, 6.07) is 16.5. The third-order valence-corrected chi connectivity index (χ3v) is 4.34. The zero-order valence-corrected chi connectivity index (χ0v) is 14.9. The Morgan fingerprint density at radius 2 is 1.63 bits per heavy atom. The van der Waals surface area contributed by atoms with Gasteiger partial charge in [0.2, 0.25) is 11.7 Å². The summed E-state index contributed by atoms with van der Waals surface area (Å²) < 4.78 is 12.4. The standard InChI is InChI=1S/C21H17N3O3/c1-26-18-9-8-15(13-19(18)27-2)20(25)17-12-14-6-3-4-7-16(14)24(17)21-22-10-5-11-23-21/h3-13H,1-2H3. The second-order valence-electron chi connectivity index (χ2n) is 5.87. The summed E-state index contributed by atoms with van der Waals surface area (Å²) in [6.07, 6.45) is 3.31. The van der Waals surface area contributed by atoms with Gasteiger partial charge in [-0.2, -0.15) is 0 Å². The average molecular weight is 359 g/mol. The van der Waals surface area contributed by atoms with Gasteiger partial charge in [0.05, 0.1) is 25.4 Å². The summed E-state index contributed by atoms with van der Waals surface area (Å²) in [4.78, 5) is 22.0. The third kappa shape index (κ3) is 2.91. The Morgan fingerprint density at radius 1 is 0.889 bits per heavy atom. The molecule has 0 unspecified atom stereocenters. The van der Waals surface area contributed by atoms with Crippen LogP contribution in [0.1, 0.15) is 16.1 Å². The number of fused-ring (bicyclic) bond motifs is 1. The van der Waals surface area contributed by atoms with Crippen LogP contribution in [-0.4, -0.2) is 34.5 Å². The van der Waals surface area contributed by atoms with E-state index in [1.165, 1.54) is 0 Å². The number of methoxy groups -OCH3 is 2. The quantitative estimate of drug-likeness (QED) is 0.509. The van der Waals surface area contributed by atoms with E-state index < -0.39 is 0 Å². The van der Waals surface area contributed by atoms with E-state index in [1.54, 1.807) is 55.4 Å². The van der Waals surface area contributed by atoms with Gasteiger partial charge in [0, 0.05) is 23.3 Å². The first-order valence-electron chi connectivity index (χ1n) is 8.37. The van der Waals surface area contributed by atoms with E-state index in [1.807, 2.05) is 30.3 Å². The van der Waals surface area contributed by atoms with E-state index in [-0.39, 0.29) is 5.78 Å². The Hall–Kier alpha value is -3.67. The van der Waals surface area contributed by atoms with E-state index >= 15 is 0 Å². The summed E-state index contributed by atoms with van der Waals surface area (Å²) in [6.45, 7) is 0. The third-order valence-electron chi connectivity index (χ3n) is 4.34. The molecule has 0 atom stereocenters. The largest absolute Gasteiger partial charge is 0.493 e. The Bertz CT molecular complexity index is 1120. The Kier molecular flexibility index (Phi) is 4.30. The number of aromatic nitrogens is 3. The molecule has 0 amide bonds. The van der Waals surface area contributed by atoms with Crippen LogP contribution in [0.15, 0.2) is 67.0 Å². The molecule has 0 radical (unpaired) electrons. The molecule has 0 spiro atoms. The van der Waals surface area contributed by atoms with Crippen molar-refractivity contribution in [3.63, 3.8) is 0 Å². The van der Waals surface area contributed by atoms with E-state index in [0.29, 0.717) is 28.7 Å². The summed E-state index contributed by atoms with van der Waals surface area (Å²) in [5.41, 5.74) is 1.84. The van der Waals surface area contributed by atoms with Crippen molar-refractivity contribution < 1.29 is 14.3 Å². The first kappa shape index (κ1) is 16.8. The van der Waals surface area contributed by atoms with E-state index in [2.05, 4.69) is 9.97 Å². The van der Waals surface area contributed by atoms with Crippen LogP contribution in [-0.2, 0) is 0 Å². The topological polar surface area (TPSA) is 66.2 Å². The molecule has 6 nitrogen and oxygen atoms in total. The molecular formula is C21H17N3O3. The minimum Gasteiger partial charge on any atom is -0.493 e. The predicted molar refractivity (Wildman–Crippen MR) is 102 cm³/mol. The normalized spacial score (nSPS) is 10.7. The van der Waals surface area contributed by atoms with Crippen LogP contribution >= 0.6 is 0 Å². The fraction of sp³-hybridized carbons (Fsp3) is 0.0952. The Labute approximate surface area is 156 Å². The second-order valence-corrected chi connectivity index (χ2v) is 5.87. The molecule has 4 aromatic rings. The minimum absolute atomic E-state index is 0.153. The van der Waals surface area contributed by atoms with Crippen LogP contribution < -0.4 is 9.47 Å². The lowest BCUT2D eigenvalue weighted by atomic mass is 10.1. The fourth-order valence-electron chi connectivity index (χ4n) is 3.07. The molecule has 0 bridgehead atoms. The van der Waals surface area contributed by atoms with Gasteiger partial charge in [-0.1, -0.05) is 18.2 Å².